The number of ketones is 2. The van der Waals surface area contributed by atoms with Gasteiger partial charge >= 0.3 is 0 Å². The maximum absolute atomic E-state index is 10.9. The Balaban J connectivity index is 3.37. The van der Waals surface area contributed by atoms with Crippen LogP contribution in [0.5, 0.6) is 0 Å². The van der Waals surface area contributed by atoms with Crippen molar-refractivity contribution in [3.05, 3.63) is 50.0 Å². The molecule has 56 valence electrons. The zero-order valence-corrected chi connectivity index (χ0v) is 6.13. The molecular weight excluding hydrogens is 152 g/mol. The molecule has 0 aromatic heterocycles. The van der Waals surface area contributed by atoms with Crippen LogP contribution in [0.2, 0.25) is 0 Å². The summed E-state index contributed by atoms with van der Waals surface area (Å²) in [6, 6.07) is 0. The van der Waals surface area contributed by atoms with E-state index in [0.29, 0.717) is 0 Å². The predicted octanol–water partition coefficient (Wildman–Crippen LogP) is 0.576. The number of carbonyl (C=O) groups is 2. The number of allylic oxidation sites excluding steroid dienone is 4. The fraction of sp³-hybridized carbons (Fsp3) is 0. The van der Waals surface area contributed by atoms with Crippen LogP contribution in [0, 0.1) is 27.7 Å². The van der Waals surface area contributed by atoms with E-state index in [9.17, 15) is 9.59 Å². The molecule has 0 amide bonds. The second kappa shape index (κ2) is 2.70. The Morgan fingerprint density at radius 2 is 0.833 bits per heavy atom. The number of hydrogen-bond acceptors (Lipinski definition) is 2. The zero-order valence-electron chi connectivity index (χ0n) is 6.13. The van der Waals surface area contributed by atoms with Crippen LogP contribution in [0.25, 0.3) is 0 Å². The van der Waals surface area contributed by atoms with Crippen molar-refractivity contribution in [2.75, 3.05) is 0 Å². The monoisotopic (exact) mass is 156 g/mol. The van der Waals surface area contributed by atoms with E-state index in [1.54, 1.807) is 0 Å². The molecule has 0 aromatic rings. The first kappa shape index (κ1) is 8.91. The van der Waals surface area contributed by atoms with E-state index in [2.05, 4.69) is 0 Å². The molecule has 0 saturated carbocycles. The number of rotatable bonds is 0. The molecular formula is C10H4O2. The summed E-state index contributed by atoms with van der Waals surface area (Å²) in [6.45, 7) is 20.9. The first-order valence-electron chi connectivity index (χ1n) is 3.06. The second-order valence-electron chi connectivity index (χ2n) is 2.31. The molecule has 2 heteroatoms. The van der Waals surface area contributed by atoms with Crippen LogP contribution in [0.3, 0.4) is 0 Å². The summed E-state index contributed by atoms with van der Waals surface area (Å²) in [5.41, 5.74) is -0.937. The zero-order chi connectivity index (χ0) is 9.46. The molecule has 1 aliphatic rings. The van der Waals surface area contributed by atoms with Gasteiger partial charge in [0.2, 0.25) is 11.6 Å². The van der Waals surface area contributed by atoms with E-state index in [1.165, 1.54) is 0 Å². The van der Waals surface area contributed by atoms with Crippen molar-refractivity contribution in [2.45, 2.75) is 0 Å². The average molecular weight is 156 g/mol. The fourth-order valence-electron chi connectivity index (χ4n) is 0.779. The van der Waals surface area contributed by atoms with Crippen LogP contribution < -0.4 is 0 Å². The molecule has 0 unspecified atom stereocenters. The minimum absolute atomic E-state index is 0.128. The third-order valence-electron chi connectivity index (χ3n) is 1.57. The van der Waals surface area contributed by atoms with Gasteiger partial charge in [-0.1, -0.05) is 0 Å². The van der Waals surface area contributed by atoms with Crippen LogP contribution >= 0.6 is 0 Å². The summed E-state index contributed by atoms with van der Waals surface area (Å²) in [5, 5.41) is 0. The van der Waals surface area contributed by atoms with E-state index >= 15 is 0 Å². The van der Waals surface area contributed by atoms with Crippen molar-refractivity contribution in [3.63, 3.8) is 0 Å². The number of carbonyl (C=O) groups excluding carboxylic acids is 2. The minimum atomic E-state index is -0.904. The summed E-state index contributed by atoms with van der Waals surface area (Å²) < 4.78 is 0. The Morgan fingerprint density at radius 1 is 0.583 bits per heavy atom. The van der Waals surface area contributed by atoms with Gasteiger partial charge in [0.05, 0.1) is 0 Å². The fourth-order valence-corrected chi connectivity index (χ4v) is 0.779. The van der Waals surface area contributed by atoms with Gasteiger partial charge in [-0.05, 0) is 25.0 Å². The first-order valence-corrected chi connectivity index (χ1v) is 3.06. The molecule has 0 aliphatic heterocycles. The first-order chi connectivity index (χ1) is 5.46. The second-order valence-corrected chi connectivity index (χ2v) is 2.31. The summed E-state index contributed by atoms with van der Waals surface area (Å²) in [4.78, 5) is 21.8. The SMILES string of the molecule is [CH]C1=C([CH])C([CH])=C([CH])C(=O)C1=O. The van der Waals surface area contributed by atoms with Gasteiger partial charge in [-0.3, -0.25) is 9.59 Å². The molecule has 0 spiro atoms. The quantitative estimate of drug-likeness (QED) is 0.379. The Morgan fingerprint density at radius 3 is 1.08 bits per heavy atom. The molecule has 1 aliphatic carbocycles. The largest absolute Gasteiger partial charge is 0.285 e. The highest BCUT2D eigenvalue weighted by Gasteiger charge is 2.26. The Labute approximate surface area is 72.0 Å². The highest BCUT2D eigenvalue weighted by atomic mass is 16.2. The Kier molecular flexibility index (Phi) is 2.01. The summed E-state index contributed by atoms with van der Waals surface area (Å²) in [7, 11) is 0. The standard InChI is InChI=1S/C10H4O2/c1-5-6(2)8(4)10(12)9(11)7(5)3/h1-4H. The summed E-state index contributed by atoms with van der Waals surface area (Å²) >= 11 is 0. The van der Waals surface area contributed by atoms with E-state index in [1.807, 2.05) is 0 Å². The van der Waals surface area contributed by atoms with Crippen molar-refractivity contribution in [1.82, 2.24) is 0 Å². The van der Waals surface area contributed by atoms with Gasteiger partial charge in [-0.25, -0.2) is 0 Å². The third kappa shape index (κ3) is 1.04. The molecule has 0 N–H and O–H groups in total. The van der Waals surface area contributed by atoms with Gasteiger partial charge in [-0.15, -0.1) is 0 Å². The van der Waals surface area contributed by atoms with Crippen LogP contribution in [-0.4, -0.2) is 11.6 Å². The van der Waals surface area contributed by atoms with Gasteiger partial charge in [0.1, 0.15) is 0 Å². The Bertz CT molecular complexity index is 281. The molecule has 0 fully saturated rings. The third-order valence-corrected chi connectivity index (χ3v) is 1.57. The molecule has 0 bridgehead atoms. The normalized spacial score (nSPS) is 19.3. The van der Waals surface area contributed by atoms with E-state index in [4.69, 9.17) is 27.7 Å². The molecule has 12 heavy (non-hydrogen) atoms. The topological polar surface area (TPSA) is 34.1 Å². The molecule has 0 saturated heterocycles. The summed E-state index contributed by atoms with van der Waals surface area (Å²) in [6.07, 6.45) is 0. The smallest absolute Gasteiger partial charge is 0.229 e. The molecule has 2 nitrogen and oxygen atoms in total. The van der Waals surface area contributed by atoms with Crippen LogP contribution in [0.1, 0.15) is 0 Å². The van der Waals surface area contributed by atoms with Crippen LogP contribution in [-0.2, 0) is 9.59 Å². The van der Waals surface area contributed by atoms with Gasteiger partial charge < -0.3 is 0 Å². The molecule has 8 radical (unpaired) electrons. The van der Waals surface area contributed by atoms with Gasteiger partial charge in [0, 0.05) is 25.0 Å². The van der Waals surface area contributed by atoms with Crippen molar-refractivity contribution in [1.29, 1.82) is 0 Å². The maximum Gasteiger partial charge on any atom is 0.229 e. The van der Waals surface area contributed by atoms with E-state index in [0.717, 1.165) is 0 Å². The minimum Gasteiger partial charge on any atom is -0.285 e. The lowest BCUT2D eigenvalue weighted by Crippen LogP contribution is -2.22. The molecule has 0 heterocycles. The van der Waals surface area contributed by atoms with Crippen LogP contribution in [0.15, 0.2) is 22.3 Å². The van der Waals surface area contributed by atoms with Crippen molar-refractivity contribution in [3.8, 4) is 0 Å². The lowest BCUT2D eigenvalue weighted by atomic mass is 9.87. The average Bonchev–Trinajstić information content (AvgIpc) is 2.08. The molecule has 0 atom stereocenters. The van der Waals surface area contributed by atoms with E-state index < -0.39 is 11.6 Å². The molecule has 1 rings (SSSR count). The number of Topliss-reactive ketones (excluding diaryl/α,β-unsaturated/α-hetero) is 2. The number of hydrogen-bond donors (Lipinski definition) is 0. The van der Waals surface area contributed by atoms with Crippen LogP contribution in [0.4, 0.5) is 0 Å². The maximum atomic E-state index is 10.9. The Hall–Kier alpha value is -1.18. The van der Waals surface area contributed by atoms with Gasteiger partial charge in [0.25, 0.3) is 0 Å². The molecule has 0 aromatic carbocycles. The van der Waals surface area contributed by atoms with Gasteiger partial charge in [0.15, 0.2) is 0 Å². The summed E-state index contributed by atoms with van der Waals surface area (Å²) in [5.74, 6) is -1.81. The van der Waals surface area contributed by atoms with Crippen molar-refractivity contribution < 1.29 is 9.59 Å². The predicted molar refractivity (Wildman–Crippen MR) is 41.3 cm³/mol. The highest BCUT2D eigenvalue weighted by Crippen LogP contribution is 2.23. The van der Waals surface area contributed by atoms with Crippen molar-refractivity contribution >= 4 is 11.6 Å². The van der Waals surface area contributed by atoms with Gasteiger partial charge in [-0.2, -0.15) is 0 Å². The van der Waals surface area contributed by atoms with E-state index in [-0.39, 0.29) is 22.3 Å². The highest BCUT2D eigenvalue weighted by molar-refractivity contribution is 6.51. The lowest BCUT2D eigenvalue weighted by Gasteiger charge is -2.14. The lowest BCUT2D eigenvalue weighted by molar-refractivity contribution is -0.132. The van der Waals surface area contributed by atoms with Crippen molar-refractivity contribution in [2.24, 2.45) is 0 Å².